The monoisotopic (exact) mass is 193 g/mol. The van der Waals surface area contributed by atoms with Crippen LogP contribution < -0.4 is 5.32 Å². The molecule has 1 heterocycles. The van der Waals surface area contributed by atoms with Crippen molar-refractivity contribution in [2.75, 3.05) is 0 Å². The SMILES string of the molecule is CCCC1CC1NCc1occc1C. The molecule has 14 heavy (non-hydrogen) atoms. The van der Waals surface area contributed by atoms with E-state index in [2.05, 4.69) is 19.2 Å². The molecule has 1 aromatic rings. The fraction of sp³-hybridized carbons (Fsp3) is 0.667. The Bertz CT molecular complexity index is 292. The highest BCUT2D eigenvalue weighted by Crippen LogP contribution is 2.34. The first kappa shape index (κ1) is 9.78. The third-order valence-corrected chi connectivity index (χ3v) is 3.08. The van der Waals surface area contributed by atoms with Crippen LogP contribution in [-0.2, 0) is 6.54 Å². The molecule has 1 fully saturated rings. The molecule has 2 nitrogen and oxygen atoms in total. The lowest BCUT2D eigenvalue weighted by Crippen LogP contribution is -2.17. The Hall–Kier alpha value is -0.760. The Morgan fingerprint density at radius 3 is 3.07 bits per heavy atom. The summed E-state index contributed by atoms with van der Waals surface area (Å²) in [6.45, 7) is 5.24. The fourth-order valence-electron chi connectivity index (χ4n) is 2.00. The van der Waals surface area contributed by atoms with E-state index in [1.165, 1.54) is 24.8 Å². The molecule has 0 aromatic carbocycles. The van der Waals surface area contributed by atoms with Gasteiger partial charge in [0.15, 0.2) is 0 Å². The normalized spacial score (nSPS) is 25.3. The zero-order chi connectivity index (χ0) is 9.97. The van der Waals surface area contributed by atoms with Crippen LogP contribution in [0.15, 0.2) is 16.7 Å². The summed E-state index contributed by atoms with van der Waals surface area (Å²) in [7, 11) is 0. The van der Waals surface area contributed by atoms with Crippen LogP contribution in [0.1, 0.15) is 37.5 Å². The minimum Gasteiger partial charge on any atom is -0.468 e. The molecule has 1 aliphatic rings. The Kier molecular flexibility index (Phi) is 2.92. The molecule has 2 atom stereocenters. The van der Waals surface area contributed by atoms with Crippen molar-refractivity contribution >= 4 is 0 Å². The molecule has 0 aliphatic heterocycles. The van der Waals surface area contributed by atoms with Gasteiger partial charge < -0.3 is 9.73 Å². The van der Waals surface area contributed by atoms with Gasteiger partial charge in [0.05, 0.1) is 12.8 Å². The van der Waals surface area contributed by atoms with Gasteiger partial charge in [0.25, 0.3) is 0 Å². The van der Waals surface area contributed by atoms with Crippen LogP contribution >= 0.6 is 0 Å². The smallest absolute Gasteiger partial charge is 0.120 e. The Morgan fingerprint density at radius 1 is 1.57 bits per heavy atom. The summed E-state index contributed by atoms with van der Waals surface area (Å²) in [6.07, 6.45) is 5.80. The zero-order valence-corrected chi connectivity index (χ0v) is 9.05. The minimum absolute atomic E-state index is 0.749. The Labute approximate surface area is 85.7 Å². The second kappa shape index (κ2) is 4.18. The predicted molar refractivity (Wildman–Crippen MR) is 57.1 cm³/mol. The molecule has 78 valence electrons. The van der Waals surface area contributed by atoms with Gasteiger partial charge in [-0.1, -0.05) is 13.3 Å². The maximum Gasteiger partial charge on any atom is 0.120 e. The van der Waals surface area contributed by atoms with Crippen LogP contribution in [0, 0.1) is 12.8 Å². The van der Waals surface area contributed by atoms with Gasteiger partial charge in [0.1, 0.15) is 5.76 Å². The van der Waals surface area contributed by atoms with Crippen LogP contribution in [-0.4, -0.2) is 6.04 Å². The first-order chi connectivity index (χ1) is 6.81. The molecule has 2 heteroatoms. The van der Waals surface area contributed by atoms with E-state index in [1.54, 1.807) is 6.26 Å². The number of rotatable bonds is 5. The van der Waals surface area contributed by atoms with Crippen LogP contribution in [0.2, 0.25) is 0 Å². The molecular weight excluding hydrogens is 174 g/mol. The largest absolute Gasteiger partial charge is 0.468 e. The van der Waals surface area contributed by atoms with Gasteiger partial charge in [-0.25, -0.2) is 0 Å². The minimum atomic E-state index is 0.749. The van der Waals surface area contributed by atoms with Crippen molar-refractivity contribution in [1.82, 2.24) is 5.32 Å². The van der Waals surface area contributed by atoms with Gasteiger partial charge in [-0.2, -0.15) is 0 Å². The average Bonchev–Trinajstić information content (AvgIpc) is 2.78. The van der Waals surface area contributed by atoms with Gasteiger partial charge >= 0.3 is 0 Å². The molecule has 1 aromatic heterocycles. The van der Waals surface area contributed by atoms with Crippen LogP contribution in [0.25, 0.3) is 0 Å². The molecule has 0 saturated heterocycles. The summed E-state index contributed by atoms with van der Waals surface area (Å²) >= 11 is 0. The molecule has 0 bridgehead atoms. The van der Waals surface area contributed by atoms with Gasteiger partial charge in [0.2, 0.25) is 0 Å². The summed E-state index contributed by atoms with van der Waals surface area (Å²) in [5.41, 5.74) is 1.25. The van der Waals surface area contributed by atoms with E-state index in [-0.39, 0.29) is 0 Å². The van der Waals surface area contributed by atoms with Crippen molar-refractivity contribution in [3.8, 4) is 0 Å². The lowest BCUT2D eigenvalue weighted by molar-refractivity contribution is 0.472. The number of aryl methyl sites for hydroxylation is 1. The highest BCUT2D eigenvalue weighted by atomic mass is 16.3. The first-order valence-corrected chi connectivity index (χ1v) is 5.57. The molecule has 0 radical (unpaired) electrons. The van der Waals surface area contributed by atoms with Gasteiger partial charge in [-0.3, -0.25) is 0 Å². The topological polar surface area (TPSA) is 25.2 Å². The summed E-state index contributed by atoms with van der Waals surface area (Å²) in [6, 6.07) is 2.77. The van der Waals surface area contributed by atoms with E-state index < -0.39 is 0 Å². The maximum absolute atomic E-state index is 5.38. The lowest BCUT2D eigenvalue weighted by Gasteiger charge is -2.02. The Balaban J connectivity index is 1.72. The van der Waals surface area contributed by atoms with Crippen LogP contribution in [0.3, 0.4) is 0 Å². The maximum atomic E-state index is 5.38. The third kappa shape index (κ3) is 2.18. The molecule has 0 spiro atoms. The quantitative estimate of drug-likeness (QED) is 0.778. The zero-order valence-electron chi connectivity index (χ0n) is 9.05. The average molecular weight is 193 g/mol. The highest BCUT2D eigenvalue weighted by molar-refractivity contribution is 5.14. The van der Waals surface area contributed by atoms with Crippen molar-refractivity contribution in [1.29, 1.82) is 0 Å². The van der Waals surface area contributed by atoms with Gasteiger partial charge in [-0.05, 0) is 37.3 Å². The van der Waals surface area contributed by atoms with E-state index in [1.807, 2.05) is 6.07 Å². The van der Waals surface area contributed by atoms with Gasteiger partial charge in [0, 0.05) is 6.04 Å². The standard InChI is InChI=1S/C12H19NO/c1-3-4-10-7-11(10)13-8-12-9(2)5-6-14-12/h5-6,10-11,13H,3-4,7-8H2,1-2H3. The molecule has 0 amide bonds. The highest BCUT2D eigenvalue weighted by Gasteiger charge is 2.35. The molecule has 1 N–H and O–H groups in total. The third-order valence-electron chi connectivity index (χ3n) is 3.08. The molecular formula is C12H19NO. The van der Waals surface area contributed by atoms with Crippen molar-refractivity contribution < 1.29 is 4.42 Å². The van der Waals surface area contributed by atoms with Gasteiger partial charge in [-0.15, -0.1) is 0 Å². The van der Waals surface area contributed by atoms with Crippen molar-refractivity contribution in [3.05, 3.63) is 23.7 Å². The number of hydrogen-bond donors (Lipinski definition) is 1. The molecule has 2 unspecified atom stereocenters. The summed E-state index contributed by atoms with van der Waals surface area (Å²) in [4.78, 5) is 0. The number of hydrogen-bond acceptors (Lipinski definition) is 2. The van der Waals surface area contributed by atoms with E-state index >= 15 is 0 Å². The van der Waals surface area contributed by atoms with E-state index in [9.17, 15) is 0 Å². The first-order valence-electron chi connectivity index (χ1n) is 5.57. The van der Waals surface area contributed by atoms with Crippen LogP contribution in [0.5, 0.6) is 0 Å². The van der Waals surface area contributed by atoms with Crippen molar-refractivity contribution in [2.45, 2.75) is 45.7 Å². The molecule has 1 aliphatic carbocycles. The van der Waals surface area contributed by atoms with E-state index in [4.69, 9.17) is 4.42 Å². The fourth-order valence-corrected chi connectivity index (χ4v) is 2.00. The number of nitrogens with one attached hydrogen (secondary N) is 1. The van der Waals surface area contributed by atoms with E-state index in [0.29, 0.717) is 0 Å². The summed E-state index contributed by atoms with van der Waals surface area (Å²) in [5, 5.41) is 3.54. The van der Waals surface area contributed by atoms with Crippen LogP contribution in [0.4, 0.5) is 0 Å². The summed E-state index contributed by atoms with van der Waals surface area (Å²) in [5.74, 6) is 2.02. The lowest BCUT2D eigenvalue weighted by atomic mass is 10.2. The number of furan rings is 1. The second-order valence-electron chi connectivity index (χ2n) is 4.30. The second-order valence-corrected chi connectivity index (χ2v) is 4.30. The summed E-state index contributed by atoms with van der Waals surface area (Å²) < 4.78 is 5.38. The van der Waals surface area contributed by atoms with Crippen molar-refractivity contribution in [2.24, 2.45) is 5.92 Å². The molecule has 2 rings (SSSR count). The Morgan fingerprint density at radius 2 is 2.43 bits per heavy atom. The van der Waals surface area contributed by atoms with E-state index in [0.717, 1.165) is 24.3 Å². The predicted octanol–water partition coefficient (Wildman–Crippen LogP) is 2.87. The van der Waals surface area contributed by atoms with Crippen molar-refractivity contribution in [3.63, 3.8) is 0 Å². The molecule has 1 saturated carbocycles.